The Labute approximate surface area is 144 Å². The lowest BCUT2D eigenvalue weighted by atomic mass is 10.2. The lowest BCUT2D eigenvalue weighted by Crippen LogP contribution is -2.35. The molecule has 0 radical (unpaired) electrons. The van der Waals surface area contributed by atoms with Gasteiger partial charge >= 0.3 is 6.09 Å². The number of aromatic nitrogens is 2. The summed E-state index contributed by atoms with van der Waals surface area (Å²) in [4.78, 5) is 21.9. The van der Waals surface area contributed by atoms with E-state index in [0.717, 1.165) is 6.42 Å². The van der Waals surface area contributed by atoms with E-state index in [1.807, 2.05) is 20.8 Å². The molecule has 1 fully saturated rings. The van der Waals surface area contributed by atoms with Crippen LogP contribution in [0.5, 0.6) is 0 Å². The summed E-state index contributed by atoms with van der Waals surface area (Å²) in [6.07, 6.45) is 0.477. The van der Waals surface area contributed by atoms with E-state index in [0.29, 0.717) is 29.7 Å². The van der Waals surface area contributed by atoms with Crippen molar-refractivity contribution in [1.82, 2.24) is 14.9 Å². The topological polar surface area (TPSA) is 72.4 Å². The lowest BCUT2D eigenvalue weighted by Gasteiger charge is -2.24. The number of nitrogens with zero attached hydrogens (tertiary/aromatic N) is 3. The van der Waals surface area contributed by atoms with E-state index < -0.39 is 16.4 Å². The van der Waals surface area contributed by atoms with Crippen LogP contribution in [0.2, 0.25) is 5.15 Å². The molecule has 0 aromatic carbocycles. The van der Waals surface area contributed by atoms with Gasteiger partial charge in [0.2, 0.25) is 5.16 Å². The van der Waals surface area contributed by atoms with Crippen LogP contribution >= 0.6 is 11.6 Å². The van der Waals surface area contributed by atoms with Crippen LogP contribution in [0.4, 0.5) is 4.79 Å². The number of aryl methyl sites for hydroxylation is 1. The van der Waals surface area contributed by atoms with Gasteiger partial charge in [0.25, 0.3) is 0 Å². The Morgan fingerprint density at radius 3 is 2.78 bits per heavy atom. The van der Waals surface area contributed by atoms with Gasteiger partial charge in [0, 0.05) is 24.5 Å². The molecule has 0 spiro atoms. The van der Waals surface area contributed by atoms with Crippen LogP contribution in [0.25, 0.3) is 0 Å². The fourth-order valence-electron chi connectivity index (χ4n) is 2.36. The molecule has 1 saturated heterocycles. The van der Waals surface area contributed by atoms with Crippen LogP contribution in [-0.4, -0.2) is 49.6 Å². The Morgan fingerprint density at radius 2 is 2.17 bits per heavy atom. The molecule has 1 amide bonds. The average molecular weight is 360 g/mol. The van der Waals surface area contributed by atoms with E-state index in [1.54, 1.807) is 17.9 Å². The van der Waals surface area contributed by atoms with Crippen LogP contribution < -0.4 is 0 Å². The van der Waals surface area contributed by atoms with Crippen molar-refractivity contribution in [3.63, 3.8) is 0 Å². The molecule has 2 atom stereocenters. The zero-order valence-corrected chi connectivity index (χ0v) is 15.4. The van der Waals surface area contributed by atoms with Gasteiger partial charge in [-0.05, 0) is 46.1 Å². The zero-order valence-electron chi connectivity index (χ0n) is 13.8. The number of likely N-dealkylation sites (tertiary alicyclic amines) is 1. The third-order valence-electron chi connectivity index (χ3n) is 3.33. The summed E-state index contributed by atoms with van der Waals surface area (Å²) in [5.41, 5.74) is 0.180. The number of carbonyl (C=O) groups excluding carboxylic acids is 1. The monoisotopic (exact) mass is 359 g/mol. The summed E-state index contributed by atoms with van der Waals surface area (Å²) in [7, 11) is -1.33. The highest BCUT2D eigenvalue weighted by molar-refractivity contribution is 7.84. The van der Waals surface area contributed by atoms with E-state index in [2.05, 4.69) is 9.97 Å². The number of ether oxygens (including phenoxy) is 1. The van der Waals surface area contributed by atoms with Crippen molar-refractivity contribution in [2.75, 3.05) is 18.8 Å². The molecular formula is C15H22ClN3O3S. The minimum Gasteiger partial charge on any atom is -0.444 e. The molecule has 2 rings (SSSR count). The molecule has 1 aromatic heterocycles. The maximum absolute atomic E-state index is 12.4. The first-order valence-electron chi connectivity index (χ1n) is 7.51. The summed E-state index contributed by atoms with van der Waals surface area (Å²) in [5.74, 6) is 0.560. The Hall–Kier alpha value is -1.21. The summed E-state index contributed by atoms with van der Waals surface area (Å²) < 4.78 is 17.8. The number of halogens is 1. The van der Waals surface area contributed by atoms with Crippen molar-refractivity contribution in [3.8, 4) is 0 Å². The van der Waals surface area contributed by atoms with Crippen LogP contribution in [0.3, 0.4) is 0 Å². The molecule has 2 heterocycles. The van der Waals surface area contributed by atoms with Crippen molar-refractivity contribution < 1.29 is 13.7 Å². The van der Waals surface area contributed by atoms with Crippen LogP contribution in [0, 0.1) is 12.8 Å². The predicted molar refractivity (Wildman–Crippen MR) is 89.0 cm³/mol. The summed E-state index contributed by atoms with van der Waals surface area (Å²) in [5, 5.41) is 0.549. The molecule has 0 unspecified atom stereocenters. The zero-order chi connectivity index (χ0) is 17.2. The third kappa shape index (κ3) is 5.42. The van der Waals surface area contributed by atoms with Gasteiger partial charge in [0.1, 0.15) is 10.8 Å². The first-order valence-corrected chi connectivity index (χ1v) is 9.21. The van der Waals surface area contributed by atoms with Gasteiger partial charge in [-0.15, -0.1) is 0 Å². The second-order valence-corrected chi connectivity index (χ2v) is 8.48. The Bertz CT molecular complexity index is 598. The van der Waals surface area contributed by atoms with Gasteiger partial charge in [0.15, 0.2) is 0 Å². The number of rotatable bonds is 3. The largest absolute Gasteiger partial charge is 0.444 e. The standard InChI is InChI=1S/C15H22ClN3O3S/c1-10-7-12(16)18-13(17-10)23(21)9-11-5-6-19(8-11)14(20)22-15(2,3)4/h7,11H,5-6,8-9H2,1-4H3/t11-,23+/m0/s1. The quantitative estimate of drug-likeness (QED) is 0.613. The first-order chi connectivity index (χ1) is 10.6. The molecular weight excluding hydrogens is 338 g/mol. The van der Waals surface area contributed by atoms with Crippen LogP contribution in [0.15, 0.2) is 11.2 Å². The van der Waals surface area contributed by atoms with Crippen LogP contribution in [0.1, 0.15) is 32.9 Å². The molecule has 1 aliphatic rings. The molecule has 8 heteroatoms. The smallest absolute Gasteiger partial charge is 0.410 e. The number of hydrogen-bond acceptors (Lipinski definition) is 5. The minimum absolute atomic E-state index is 0.145. The number of amides is 1. The Kier molecular flexibility index (Phi) is 5.62. The summed E-state index contributed by atoms with van der Waals surface area (Å²) in [6.45, 7) is 8.46. The second-order valence-electron chi connectivity index (χ2n) is 6.71. The van der Waals surface area contributed by atoms with Gasteiger partial charge in [-0.1, -0.05) is 11.6 Å². The van der Waals surface area contributed by atoms with E-state index >= 15 is 0 Å². The maximum Gasteiger partial charge on any atom is 0.410 e. The van der Waals surface area contributed by atoms with Gasteiger partial charge in [-0.2, -0.15) is 0 Å². The Morgan fingerprint density at radius 1 is 1.48 bits per heavy atom. The lowest BCUT2D eigenvalue weighted by molar-refractivity contribution is 0.0289. The van der Waals surface area contributed by atoms with Gasteiger partial charge in [-0.25, -0.2) is 14.8 Å². The number of carbonyl (C=O) groups is 1. The molecule has 0 N–H and O–H groups in total. The van der Waals surface area contributed by atoms with Crippen molar-refractivity contribution >= 4 is 28.5 Å². The molecule has 128 valence electrons. The molecule has 0 aliphatic carbocycles. The van der Waals surface area contributed by atoms with Crippen molar-refractivity contribution in [2.45, 2.75) is 44.9 Å². The average Bonchev–Trinajstić information content (AvgIpc) is 2.84. The van der Waals surface area contributed by atoms with Crippen LogP contribution in [-0.2, 0) is 15.5 Å². The van der Waals surface area contributed by atoms with E-state index in [9.17, 15) is 9.00 Å². The van der Waals surface area contributed by atoms with E-state index in [-0.39, 0.29) is 17.2 Å². The molecule has 0 bridgehead atoms. The highest BCUT2D eigenvalue weighted by Gasteiger charge is 2.31. The summed E-state index contributed by atoms with van der Waals surface area (Å²) >= 11 is 5.88. The van der Waals surface area contributed by atoms with Gasteiger partial charge in [-0.3, -0.25) is 4.21 Å². The molecule has 23 heavy (non-hydrogen) atoms. The molecule has 6 nitrogen and oxygen atoms in total. The van der Waals surface area contributed by atoms with Crippen molar-refractivity contribution in [3.05, 3.63) is 16.9 Å². The van der Waals surface area contributed by atoms with E-state index in [1.165, 1.54) is 0 Å². The Balaban J connectivity index is 1.92. The predicted octanol–water partition coefficient (Wildman–Crippen LogP) is 2.80. The molecule has 1 aromatic rings. The van der Waals surface area contributed by atoms with Gasteiger partial charge < -0.3 is 9.64 Å². The minimum atomic E-state index is -1.33. The normalized spacial score (nSPS) is 19.7. The highest BCUT2D eigenvalue weighted by Crippen LogP contribution is 2.21. The number of hydrogen-bond donors (Lipinski definition) is 0. The summed E-state index contributed by atoms with van der Waals surface area (Å²) in [6, 6.07) is 1.63. The third-order valence-corrected chi connectivity index (χ3v) is 4.89. The SMILES string of the molecule is Cc1cc(Cl)nc([S@](=O)C[C@H]2CCN(C(=O)OC(C)(C)C)C2)n1. The first kappa shape index (κ1) is 18.1. The maximum atomic E-state index is 12.4. The van der Waals surface area contributed by atoms with Crippen molar-refractivity contribution in [1.29, 1.82) is 0 Å². The fraction of sp³-hybridized carbons (Fsp3) is 0.667. The fourth-order valence-corrected chi connectivity index (χ4v) is 3.94. The van der Waals surface area contributed by atoms with E-state index in [4.69, 9.17) is 16.3 Å². The van der Waals surface area contributed by atoms with Crippen molar-refractivity contribution in [2.24, 2.45) is 5.92 Å². The van der Waals surface area contributed by atoms with Gasteiger partial charge in [0.05, 0.1) is 10.8 Å². The second kappa shape index (κ2) is 7.13. The molecule has 0 saturated carbocycles. The highest BCUT2D eigenvalue weighted by atomic mass is 35.5. The molecule has 1 aliphatic heterocycles.